The van der Waals surface area contributed by atoms with Gasteiger partial charge < -0.3 is 5.32 Å². The number of halogens is 2. The average Bonchev–Trinajstić information content (AvgIpc) is 2.40. The SMILES string of the molecule is O=C(Nc1ncccc1Br)c1ccc([N+](=O)[O-])c(Cl)c1. The summed E-state index contributed by atoms with van der Waals surface area (Å²) in [5.41, 5.74) is -0.0413. The lowest BCUT2D eigenvalue weighted by Crippen LogP contribution is -2.13. The van der Waals surface area contributed by atoms with Crippen molar-refractivity contribution < 1.29 is 9.72 Å². The highest BCUT2D eigenvalue weighted by molar-refractivity contribution is 9.10. The minimum Gasteiger partial charge on any atom is -0.306 e. The maximum Gasteiger partial charge on any atom is 0.287 e. The van der Waals surface area contributed by atoms with Gasteiger partial charge in [0.25, 0.3) is 11.6 Å². The number of hydrogen-bond donors (Lipinski definition) is 1. The van der Waals surface area contributed by atoms with Gasteiger partial charge in [0, 0.05) is 17.8 Å². The number of hydrogen-bond acceptors (Lipinski definition) is 4. The van der Waals surface area contributed by atoms with Gasteiger partial charge in [0.1, 0.15) is 10.8 Å². The molecule has 0 unspecified atom stereocenters. The van der Waals surface area contributed by atoms with Gasteiger partial charge in [-0.2, -0.15) is 0 Å². The van der Waals surface area contributed by atoms with Crippen LogP contribution in [0.15, 0.2) is 41.0 Å². The molecule has 1 heterocycles. The molecule has 0 atom stereocenters. The zero-order chi connectivity index (χ0) is 14.7. The minimum atomic E-state index is -0.612. The Kier molecular flexibility index (Phi) is 4.31. The Morgan fingerprint density at radius 2 is 2.15 bits per heavy atom. The molecular formula is C12H7BrClN3O3. The highest BCUT2D eigenvalue weighted by Crippen LogP contribution is 2.26. The second kappa shape index (κ2) is 5.98. The molecule has 0 saturated heterocycles. The maximum absolute atomic E-state index is 12.0. The Hall–Kier alpha value is -1.99. The van der Waals surface area contributed by atoms with E-state index in [0.29, 0.717) is 10.3 Å². The zero-order valence-electron chi connectivity index (χ0n) is 9.84. The largest absolute Gasteiger partial charge is 0.306 e. The van der Waals surface area contributed by atoms with Crippen LogP contribution < -0.4 is 5.32 Å². The maximum atomic E-state index is 12.0. The van der Waals surface area contributed by atoms with Gasteiger partial charge in [-0.05, 0) is 40.2 Å². The number of nitro benzene ring substituents is 1. The predicted octanol–water partition coefficient (Wildman–Crippen LogP) is 3.66. The van der Waals surface area contributed by atoms with Gasteiger partial charge in [-0.25, -0.2) is 4.98 Å². The molecule has 2 aromatic rings. The van der Waals surface area contributed by atoms with Crippen molar-refractivity contribution in [2.75, 3.05) is 5.32 Å². The van der Waals surface area contributed by atoms with Crippen molar-refractivity contribution >= 4 is 44.9 Å². The first kappa shape index (κ1) is 14.4. The molecule has 0 spiro atoms. The molecule has 0 aliphatic heterocycles. The summed E-state index contributed by atoms with van der Waals surface area (Å²) in [5.74, 6) is -0.104. The number of aromatic nitrogens is 1. The number of carbonyl (C=O) groups excluding carboxylic acids is 1. The van der Waals surface area contributed by atoms with E-state index < -0.39 is 10.8 Å². The van der Waals surface area contributed by atoms with Gasteiger partial charge in [0.2, 0.25) is 0 Å². The number of benzene rings is 1. The van der Waals surface area contributed by atoms with Gasteiger partial charge in [-0.1, -0.05) is 11.6 Å². The van der Waals surface area contributed by atoms with Crippen LogP contribution in [0.25, 0.3) is 0 Å². The van der Waals surface area contributed by atoms with Crippen molar-refractivity contribution in [2.45, 2.75) is 0 Å². The van der Waals surface area contributed by atoms with E-state index in [9.17, 15) is 14.9 Å². The van der Waals surface area contributed by atoms with Crippen molar-refractivity contribution in [1.82, 2.24) is 4.98 Å². The van der Waals surface area contributed by atoms with Crippen molar-refractivity contribution in [3.05, 3.63) is 61.7 Å². The number of carbonyl (C=O) groups is 1. The topological polar surface area (TPSA) is 85.1 Å². The number of anilines is 1. The molecule has 20 heavy (non-hydrogen) atoms. The standard InChI is InChI=1S/C12H7BrClN3O3/c13-8-2-1-5-15-11(8)16-12(18)7-3-4-10(17(19)20)9(14)6-7/h1-6H,(H,15,16,18). The van der Waals surface area contributed by atoms with Crippen LogP contribution in [-0.2, 0) is 0 Å². The number of nitro groups is 1. The Morgan fingerprint density at radius 3 is 2.75 bits per heavy atom. The van der Waals surface area contributed by atoms with E-state index in [1.54, 1.807) is 12.1 Å². The van der Waals surface area contributed by atoms with Crippen molar-refractivity contribution in [1.29, 1.82) is 0 Å². The lowest BCUT2D eigenvalue weighted by atomic mass is 10.2. The molecule has 0 saturated carbocycles. The third kappa shape index (κ3) is 3.12. The van der Waals surface area contributed by atoms with Gasteiger partial charge >= 0.3 is 0 Å². The third-order valence-corrected chi connectivity index (χ3v) is 3.34. The van der Waals surface area contributed by atoms with Gasteiger partial charge in [0.15, 0.2) is 0 Å². The van der Waals surface area contributed by atoms with Crippen molar-refractivity contribution in [3.63, 3.8) is 0 Å². The minimum absolute atomic E-state index is 0.0947. The predicted molar refractivity (Wildman–Crippen MR) is 78.0 cm³/mol. The van der Waals surface area contributed by atoms with E-state index in [4.69, 9.17) is 11.6 Å². The lowest BCUT2D eigenvalue weighted by molar-refractivity contribution is -0.384. The van der Waals surface area contributed by atoms with Crippen LogP contribution in [0.2, 0.25) is 5.02 Å². The van der Waals surface area contributed by atoms with Crippen LogP contribution in [0.5, 0.6) is 0 Å². The van der Waals surface area contributed by atoms with E-state index in [1.165, 1.54) is 24.4 Å². The average molecular weight is 357 g/mol. The highest BCUT2D eigenvalue weighted by atomic mass is 79.9. The summed E-state index contributed by atoms with van der Waals surface area (Å²) in [4.78, 5) is 26.0. The van der Waals surface area contributed by atoms with Gasteiger partial charge in [-0.15, -0.1) is 0 Å². The Morgan fingerprint density at radius 1 is 1.40 bits per heavy atom. The Balaban J connectivity index is 2.24. The van der Waals surface area contributed by atoms with Crippen LogP contribution in [-0.4, -0.2) is 15.8 Å². The van der Waals surface area contributed by atoms with Gasteiger partial charge in [-0.3, -0.25) is 14.9 Å². The Bertz CT molecular complexity index is 693. The molecule has 6 nitrogen and oxygen atoms in total. The smallest absolute Gasteiger partial charge is 0.287 e. The number of nitrogens with zero attached hydrogens (tertiary/aromatic N) is 2. The second-order valence-corrected chi connectivity index (χ2v) is 4.97. The van der Waals surface area contributed by atoms with Crippen molar-refractivity contribution in [3.8, 4) is 0 Å². The summed E-state index contributed by atoms with van der Waals surface area (Å²) < 4.78 is 0.626. The van der Waals surface area contributed by atoms with E-state index >= 15 is 0 Å². The third-order valence-electron chi connectivity index (χ3n) is 2.40. The molecule has 102 valence electrons. The van der Waals surface area contributed by atoms with E-state index in [1.807, 2.05) is 0 Å². The molecule has 1 aromatic carbocycles. The molecule has 1 aromatic heterocycles. The molecule has 0 fully saturated rings. The lowest BCUT2D eigenvalue weighted by Gasteiger charge is -2.06. The summed E-state index contributed by atoms with van der Waals surface area (Å²) in [6, 6.07) is 7.20. The summed E-state index contributed by atoms with van der Waals surface area (Å²) in [6.07, 6.45) is 1.53. The highest BCUT2D eigenvalue weighted by Gasteiger charge is 2.16. The molecule has 0 radical (unpaired) electrons. The fourth-order valence-corrected chi connectivity index (χ4v) is 2.06. The van der Waals surface area contributed by atoms with Gasteiger partial charge in [0.05, 0.1) is 9.40 Å². The first-order chi connectivity index (χ1) is 9.49. The summed E-state index contributed by atoms with van der Waals surface area (Å²) >= 11 is 9.01. The van der Waals surface area contributed by atoms with Crippen LogP contribution in [0.4, 0.5) is 11.5 Å². The number of amides is 1. The fraction of sp³-hybridized carbons (Fsp3) is 0. The van der Waals surface area contributed by atoms with Crippen LogP contribution >= 0.6 is 27.5 Å². The summed E-state index contributed by atoms with van der Waals surface area (Å²) in [5, 5.41) is 13.1. The first-order valence-corrected chi connectivity index (χ1v) is 6.52. The molecular weight excluding hydrogens is 350 g/mol. The van der Waals surface area contributed by atoms with E-state index in [0.717, 1.165) is 0 Å². The fourth-order valence-electron chi connectivity index (χ4n) is 1.45. The number of nitrogens with one attached hydrogen (secondary N) is 1. The summed E-state index contributed by atoms with van der Waals surface area (Å²) in [6.45, 7) is 0. The Labute approximate surface area is 127 Å². The molecule has 1 N–H and O–H groups in total. The van der Waals surface area contributed by atoms with E-state index in [2.05, 4.69) is 26.2 Å². The molecule has 0 aliphatic rings. The zero-order valence-corrected chi connectivity index (χ0v) is 12.2. The van der Waals surface area contributed by atoms with Crippen molar-refractivity contribution in [2.24, 2.45) is 0 Å². The molecule has 8 heteroatoms. The van der Waals surface area contributed by atoms with Crippen LogP contribution in [0.1, 0.15) is 10.4 Å². The van der Waals surface area contributed by atoms with E-state index in [-0.39, 0.29) is 16.3 Å². The normalized spacial score (nSPS) is 10.1. The molecule has 0 aliphatic carbocycles. The molecule has 0 bridgehead atoms. The second-order valence-electron chi connectivity index (χ2n) is 3.71. The molecule has 2 rings (SSSR count). The summed E-state index contributed by atoms with van der Waals surface area (Å²) in [7, 11) is 0. The quantitative estimate of drug-likeness (QED) is 0.672. The number of rotatable bonds is 3. The first-order valence-electron chi connectivity index (χ1n) is 5.35. The monoisotopic (exact) mass is 355 g/mol. The molecule has 1 amide bonds. The van der Waals surface area contributed by atoms with Crippen LogP contribution in [0, 0.1) is 10.1 Å². The number of pyridine rings is 1. The van der Waals surface area contributed by atoms with Crippen LogP contribution in [0.3, 0.4) is 0 Å².